The molecule has 0 saturated heterocycles. The van der Waals surface area contributed by atoms with Crippen LogP contribution in [0.15, 0.2) is 46.4 Å². The Hall–Kier alpha value is -2.86. The Labute approximate surface area is 150 Å². The topological polar surface area (TPSA) is 65.7 Å². The molecule has 26 heavy (non-hydrogen) atoms. The summed E-state index contributed by atoms with van der Waals surface area (Å²) >= 11 is 1.70. The second-order valence-corrected chi connectivity index (χ2v) is 7.70. The van der Waals surface area contributed by atoms with E-state index in [1.165, 1.54) is 0 Å². The molecule has 130 valence electrons. The second kappa shape index (κ2) is 4.86. The van der Waals surface area contributed by atoms with Gasteiger partial charge >= 0.3 is 0 Å². The maximum Gasteiger partial charge on any atom is 0.215 e. The zero-order chi connectivity index (χ0) is 17.4. The molecule has 0 aliphatic rings. The third kappa shape index (κ3) is 1.96. The third-order valence-corrected chi connectivity index (χ3v) is 5.66. The summed E-state index contributed by atoms with van der Waals surface area (Å²) in [5.41, 5.74) is 4.50. The van der Waals surface area contributed by atoms with Gasteiger partial charge in [0.15, 0.2) is 22.3 Å². The van der Waals surface area contributed by atoms with Gasteiger partial charge in [-0.05, 0) is 26.0 Å². The lowest BCUT2D eigenvalue weighted by Crippen LogP contribution is -1.86. The Bertz CT molecular complexity index is 1300. The standard InChI is InChI=1S/C20H14O5S/c1-9-5-13-17(21-9)18-14(25-13)7-11(23-18)3-4-12-8-16-20(24-12)19-15(26-16)6-10(2)22-19/h5-8H,3-4H2,1-2H3. The summed E-state index contributed by atoms with van der Waals surface area (Å²) in [5, 5.41) is 0. The maximum absolute atomic E-state index is 6.02. The molecule has 6 aromatic heterocycles. The summed E-state index contributed by atoms with van der Waals surface area (Å²) in [5.74, 6) is 3.50. The summed E-state index contributed by atoms with van der Waals surface area (Å²) in [7, 11) is 0. The van der Waals surface area contributed by atoms with E-state index in [2.05, 4.69) is 6.07 Å². The van der Waals surface area contributed by atoms with E-state index in [0.717, 1.165) is 67.6 Å². The van der Waals surface area contributed by atoms with E-state index in [1.54, 1.807) is 11.3 Å². The molecule has 0 atom stereocenters. The molecule has 0 amide bonds. The maximum atomic E-state index is 6.02. The van der Waals surface area contributed by atoms with Crippen LogP contribution in [0.4, 0.5) is 0 Å². The van der Waals surface area contributed by atoms with Gasteiger partial charge in [0.25, 0.3) is 0 Å². The number of hydrogen-bond acceptors (Lipinski definition) is 6. The van der Waals surface area contributed by atoms with Crippen molar-refractivity contribution in [2.45, 2.75) is 26.7 Å². The van der Waals surface area contributed by atoms with Crippen molar-refractivity contribution >= 4 is 54.2 Å². The van der Waals surface area contributed by atoms with Gasteiger partial charge in [-0.2, -0.15) is 0 Å². The summed E-state index contributed by atoms with van der Waals surface area (Å²) in [6, 6.07) is 7.94. The lowest BCUT2D eigenvalue weighted by Gasteiger charge is -1.93. The van der Waals surface area contributed by atoms with Gasteiger partial charge in [-0.15, -0.1) is 11.3 Å². The highest BCUT2D eigenvalue weighted by atomic mass is 32.1. The highest BCUT2D eigenvalue weighted by Gasteiger charge is 2.18. The van der Waals surface area contributed by atoms with Crippen LogP contribution in [0.25, 0.3) is 42.9 Å². The Morgan fingerprint density at radius 2 is 1.19 bits per heavy atom. The minimum atomic E-state index is 0.677. The van der Waals surface area contributed by atoms with Crippen molar-refractivity contribution in [1.29, 1.82) is 0 Å². The van der Waals surface area contributed by atoms with Crippen molar-refractivity contribution in [2.75, 3.05) is 0 Å². The van der Waals surface area contributed by atoms with E-state index >= 15 is 0 Å². The summed E-state index contributed by atoms with van der Waals surface area (Å²) in [6.45, 7) is 3.85. The molecular formula is C20H14O5S. The van der Waals surface area contributed by atoms with Crippen LogP contribution in [0.5, 0.6) is 0 Å². The van der Waals surface area contributed by atoms with Crippen LogP contribution < -0.4 is 0 Å². The van der Waals surface area contributed by atoms with Crippen molar-refractivity contribution in [3.63, 3.8) is 0 Å². The zero-order valence-electron chi connectivity index (χ0n) is 14.2. The molecule has 0 spiro atoms. The van der Waals surface area contributed by atoms with Crippen LogP contribution in [-0.4, -0.2) is 0 Å². The average molecular weight is 366 g/mol. The summed E-state index contributed by atoms with van der Waals surface area (Å²) in [6.07, 6.45) is 1.48. The highest BCUT2D eigenvalue weighted by molar-refractivity contribution is 7.25. The molecule has 6 heterocycles. The third-order valence-electron chi connectivity index (χ3n) is 4.61. The first-order valence-electron chi connectivity index (χ1n) is 8.47. The fraction of sp³-hybridized carbons (Fsp3) is 0.200. The molecule has 0 fully saturated rings. The van der Waals surface area contributed by atoms with E-state index in [1.807, 2.05) is 32.0 Å². The van der Waals surface area contributed by atoms with E-state index in [9.17, 15) is 0 Å². The normalized spacial score (nSPS) is 12.5. The molecule has 0 aliphatic carbocycles. The number of fused-ring (bicyclic) bond motifs is 6. The summed E-state index contributed by atoms with van der Waals surface area (Å²) < 4.78 is 31.4. The fourth-order valence-corrected chi connectivity index (χ4v) is 4.60. The SMILES string of the molecule is Cc1cc2oc3cc(CCc4cc5sc6cc(C)oc6c5o4)oc3c2o1. The minimum Gasteiger partial charge on any atom is -0.456 e. The quantitative estimate of drug-likeness (QED) is 0.347. The molecular weight excluding hydrogens is 352 g/mol. The summed E-state index contributed by atoms with van der Waals surface area (Å²) in [4.78, 5) is 0. The van der Waals surface area contributed by atoms with Crippen molar-refractivity contribution in [1.82, 2.24) is 0 Å². The lowest BCUT2D eigenvalue weighted by molar-refractivity contribution is 0.502. The van der Waals surface area contributed by atoms with Gasteiger partial charge in [0.05, 0.1) is 9.40 Å². The van der Waals surface area contributed by atoms with Gasteiger partial charge in [-0.3, -0.25) is 0 Å². The van der Waals surface area contributed by atoms with Gasteiger partial charge in [0, 0.05) is 25.0 Å². The molecule has 5 nitrogen and oxygen atoms in total. The lowest BCUT2D eigenvalue weighted by atomic mass is 10.2. The first-order valence-corrected chi connectivity index (χ1v) is 9.28. The van der Waals surface area contributed by atoms with Crippen molar-refractivity contribution < 1.29 is 22.1 Å². The Morgan fingerprint density at radius 3 is 2.08 bits per heavy atom. The largest absolute Gasteiger partial charge is 0.456 e. The molecule has 6 aromatic rings. The van der Waals surface area contributed by atoms with Gasteiger partial charge in [0.2, 0.25) is 11.2 Å². The van der Waals surface area contributed by atoms with E-state index in [0.29, 0.717) is 11.2 Å². The molecule has 0 radical (unpaired) electrons. The first kappa shape index (κ1) is 14.3. The highest BCUT2D eigenvalue weighted by Crippen LogP contribution is 2.38. The molecule has 0 aliphatic heterocycles. The van der Waals surface area contributed by atoms with Gasteiger partial charge < -0.3 is 22.1 Å². The zero-order valence-corrected chi connectivity index (χ0v) is 15.0. The van der Waals surface area contributed by atoms with Gasteiger partial charge in [0.1, 0.15) is 23.0 Å². The van der Waals surface area contributed by atoms with Crippen molar-refractivity contribution in [3.8, 4) is 0 Å². The monoisotopic (exact) mass is 366 g/mol. The Kier molecular flexibility index (Phi) is 2.68. The van der Waals surface area contributed by atoms with E-state index < -0.39 is 0 Å². The van der Waals surface area contributed by atoms with Crippen LogP contribution in [0, 0.1) is 13.8 Å². The predicted octanol–water partition coefficient (Wildman–Crippen LogP) is 6.73. The van der Waals surface area contributed by atoms with E-state index in [4.69, 9.17) is 22.1 Å². The van der Waals surface area contributed by atoms with Crippen LogP contribution in [0.3, 0.4) is 0 Å². The van der Waals surface area contributed by atoms with Crippen molar-refractivity contribution in [2.24, 2.45) is 0 Å². The molecule has 0 bridgehead atoms. The minimum absolute atomic E-state index is 0.677. The molecule has 0 N–H and O–H groups in total. The van der Waals surface area contributed by atoms with Crippen molar-refractivity contribution in [3.05, 3.63) is 47.3 Å². The van der Waals surface area contributed by atoms with Crippen LogP contribution in [0.2, 0.25) is 0 Å². The number of thiophene rings is 1. The molecule has 0 unspecified atom stereocenters. The Morgan fingerprint density at radius 1 is 0.615 bits per heavy atom. The van der Waals surface area contributed by atoms with Gasteiger partial charge in [-0.25, -0.2) is 0 Å². The van der Waals surface area contributed by atoms with E-state index in [-0.39, 0.29) is 0 Å². The average Bonchev–Trinajstić information content (AvgIpc) is 3.35. The molecule has 6 heteroatoms. The second-order valence-electron chi connectivity index (χ2n) is 6.62. The smallest absolute Gasteiger partial charge is 0.215 e. The number of aryl methyl sites for hydroxylation is 4. The van der Waals surface area contributed by atoms with Gasteiger partial charge in [-0.1, -0.05) is 0 Å². The molecule has 0 saturated carbocycles. The van der Waals surface area contributed by atoms with Crippen LogP contribution in [-0.2, 0) is 12.8 Å². The molecule has 0 aromatic carbocycles. The number of furan rings is 5. The first-order chi connectivity index (χ1) is 12.6. The Balaban J connectivity index is 1.30. The van der Waals surface area contributed by atoms with Crippen LogP contribution >= 0.6 is 11.3 Å². The number of hydrogen-bond donors (Lipinski definition) is 0. The predicted molar refractivity (Wildman–Crippen MR) is 99.0 cm³/mol. The molecule has 6 rings (SSSR count). The number of rotatable bonds is 3. The fourth-order valence-electron chi connectivity index (χ4n) is 3.49. The van der Waals surface area contributed by atoms with Crippen LogP contribution in [0.1, 0.15) is 23.0 Å².